The van der Waals surface area contributed by atoms with Crippen LogP contribution >= 0.6 is 0 Å². The van der Waals surface area contributed by atoms with E-state index < -0.39 is 21.8 Å². The van der Waals surface area contributed by atoms with Gasteiger partial charge in [-0.15, -0.1) is 0 Å². The van der Waals surface area contributed by atoms with Gasteiger partial charge in [0.25, 0.3) is 15.9 Å². The molecule has 6 rings (SSSR count). The van der Waals surface area contributed by atoms with Gasteiger partial charge in [-0.3, -0.25) is 4.79 Å². The zero-order valence-corrected chi connectivity index (χ0v) is 20.3. The topological polar surface area (TPSA) is 98.8 Å². The van der Waals surface area contributed by atoms with Gasteiger partial charge in [-0.2, -0.15) is 0 Å². The summed E-state index contributed by atoms with van der Waals surface area (Å²) in [5.74, 6) is -1.21. The van der Waals surface area contributed by atoms with Crippen molar-refractivity contribution < 1.29 is 31.6 Å². The van der Waals surface area contributed by atoms with Crippen molar-refractivity contribution >= 4 is 43.7 Å². The van der Waals surface area contributed by atoms with E-state index in [0.717, 1.165) is 10.0 Å². The lowest BCUT2D eigenvalue weighted by molar-refractivity contribution is 0.0602. The number of rotatable bonds is 5. The van der Waals surface area contributed by atoms with E-state index in [1.165, 1.54) is 48.6 Å². The van der Waals surface area contributed by atoms with Crippen LogP contribution in [0.25, 0.3) is 21.8 Å². The maximum absolute atomic E-state index is 14.5. The van der Waals surface area contributed by atoms with Gasteiger partial charge in [0, 0.05) is 17.3 Å². The molecule has 10 heteroatoms. The molecule has 0 atom stereocenters. The zero-order valence-electron chi connectivity index (χ0n) is 19.5. The van der Waals surface area contributed by atoms with Crippen molar-refractivity contribution in [1.29, 1.82) is 0 Å². The van der Waals surface area contributed by atoms with E-state index in [1.54, 1.807) is 30.3 Å². The fourth-order valence-electron chi connectivity index (χ4n) is 4.94. The van der Waals surface area contributed by atoms with Crippen LogP contribution in [-0.2, 0) is 27.8 Å². The maximum atomic E-state index is 14.5. The monoisotopic (exact) mass is 518 g/mol. The highest BCUT2D eigenvalue weighted by atomic mass is 32.2. The van der Waals surface area contributed by atoms with Crippen molar-refractivity contribution in [2.24, 2.45) is 0 Å². The number of benzene rings is 3. The van der Waals surface area contributed by atoms with E-state index in [1.807, 2.05) is 0 Å². The van der Waals surface area contributed by atoms with Crippen molar-refractivity contribution in [1.82, 2.24) is 8.87 Å². The summed E-state index contributed by atoms with van der Waals surface area (Å²) in [4.78, 5) is 28.1. The molecule has 3 aromatic carbocycles. The summed E-state index contributed by atoms with van der Waals surface area (Å²) >= 11 is 0. The molecule has 1 aliphatic heterocycles. The summed E-state index contributed by atoms with van der Waals surface area (Å²) in [6.07, 6.45) is 1.50. The van der Waals surface area contributed by atoms with Crippen molar-refractivity contribution in [2.75, 3.05) is 7.11 Å². The Kier molecular flexibility index (Phi) is 5.16. The molecule has 8 nitrogen and oxygen atoms in total. The lowest BCUT2D eigenvalue weighted by atomic mass is 9.98. The third-order valence-electron chi connectivity index (χ3n) is 6.51. The average molecular weight is 519 g/mol. The number of amides is 1. The summed E-state index contributed by atoms with van der Waals surface area (Å²) < 4.78 is 53.8. The second-order valence-corrected chi connectivity index (χ2v) is 10.4. The molecular formula is C27H19FN2O6S. The summed E-state index contributed by atoms with van der Waals surface area (Å²) in [7, 11) is -3.08. The fraction of sp³-hybridized carbons (Fsp3) is 0.111. The van der Waals surface area contributed by atoms with Crippen molar-refractivity contribution in [3.05, 3.63) is 101 Å². The minimum atomic E-state index is -4.27. The van der Waals surface area contributed by atoms with Gasteiger partial charge >= 0.3 is 5.97 Å². The van der Waals surface area contributed by atoms with Crippen molar-refractivity contribution in [2.45, 2.75) is 18.0 Å². The molecular weight excluding hydrogens is 499 g/mol. The Morgan fingerprint density at radius 1 is 1.08 bits per heavy atom. The maximum Gasteiger partial charge on any atom is 0.340 e. The van der Waals surface area contributed by atoms with Crippen molar-refractivity contribution in [3.63, 3.8) is 0 Å². The standard InChI is InChI=1S/C27H19FN2O6S/c1-35-27(32)21-12-16-14-29(15-18-6-5-11-36-18)26(31)23(16)24-20-13-17(28)9-10-22(20)30(25(21)24)37(33,34)19-7-3-2-4-8-19/h2-13H,14-15H2,1H3. The predicted octanol–water partition coefficient (Wildman–Crippen LogP) is 4.71. The highest BCUT2D eigenvalue weighted by molar-refractivity contribution is 7.90. The number of halogens is 1. The second kappa shape index (κ2) is 8.31. The quantitative estimate of drug-likeness (QED) is 0.313. The van der Waals surface area contributed by atoms with Crippen LogP contribution in [0.2, 0.25) is 0 Å². The largest absolute Gasteiger partial charge is 0.467 e. The molecule has 0 fully saturated rings. The minimum absolute atomic E-state index is 0.0276. The Bertz CT molecular complexity index is 1830. The van der Waals surface area contributed by atoms with E-state index in [9.17, 15) is 22.4 Å². The van der Waals surface area contributed by atoms with Gasteiger partial charge in [-0.1, -0.05) is 18.2 Å². The summed E-state index contributed by atoms with van der Waals surface area (Å²) in [5, 5.41) is 0.378. The first-order chi connectivity index (χ1) is 17.8. The van der Waals surface area contributed by atoms with E-state index in [4.69, 9.17) is 9.15 Å². The van der Waals surface area contributed by atoms with Gasteiger partial charge in [-0.25, -0.2) is 21.6 Å². The number of esters is 1. The van der Waals surface area contributed by atoms with Gasteiger partial charge < -0.3 is 14.1 Å². The number of ether oxygens (including phenoxy) is 1. The molecule has 0 aliphatic carbocycles. The Morgan fingerprint density at radius 3 is 2.57 bits per heavy atom. The van der Waals surface area contributed by atoms with E-state index >= 15 is 0 Å². The summed E-state index contributed by atoms with van der Waals surface area (Å²) in [5.41, 5.74) is 0.774. The molecule has 1 amide bonds. The molecule has 5 aromatic rings. The molecule has 0 N–H and O–H groups in total. The first-order valence-electron chi connectivity index (χ1n) is 11.3. The van der Waals surface area contributed by atoms with Gasteiger partial charge in [0.15, 0.2) is 0 Å². The van der Waals surface area contributed by atoms with Crippen LogP contribution in [-0.4, -0.2) is 36.3 Å². The van der Waals surface area contributed by atoms with Crippen LogP contribution in [0, 0.1) is 5.82 Å². The third-order valence-corrected chi connectivity index (χ3v) is 8.24. The molecule has 0 radical (unpaired) electrons. The van der Waals surface area contributed by atoms with Crippen LogP contribution in [0.4, 0.5) is 4.39 Å². The highest BCUT2D eigenvalue weighted by Gasteiger charge is 2.36. The molecule has 0 bridgehead atoms. The smallest absolute Gasteiger partial charge is 0.340 e. The van der Waals surface area contributed by atoms with E-state index in [2.05, 4.69) is 0 Å². The summed E-state index contributed by atoms with van der Waals surface area (Å²) in [6, 6.07) is 16.3. The van der Waals surface area contributed by atoms with Gasteiger partial charge in [-0.05, 0) is 54.1 Å². The Hall–Kier alpha value is -4.44. The minimum Gasteiger partial charge on any atom is -0.467 e. The van der Waals surface area contributed by atoms with Gasteiger partial charge in [0.1, 0.15) is 11.6 Å². The first-order valence-corrected chi connectivity index (χ1v) is 12.8. The number of fused-ring (bicyclic) bond motifs is 5. The number of hydrogen-bond acceptors (Lipinski definition) is 6. The number of carbonyl (C=O) groups is 2. The molecule has 2 aromatic heterocycles. The van der Waals surface area contributed by atoms with Crippen LogP contribution in [0.1, 0.15) is 32.0 Å². The first kappa shape index (κ1) is 23.0. The predicted molar refractivity (Wildman–Crippen MR) is 132 cm³/mol. The van der Waals surface area contributed by atoms with E-state index in [0.29, 0.717) is 11.3 Å². The molecule has 0 saturated heterocycles. The molecule has 37 heavy (non-hydrogen) atoms. The molecule has 1 aliphatic rings. The van der Waals surface area contributed by atoms with E-state index in [-0.39, 0.29) is 56.8 Å². The number of aromatic nitrogens is 1. The third kappa shape index (κ3) is 3.44. The Morgan fingerprint density at radius 2 is 1.86 bits per heavy atom. The van der Waals surface area contributed by atoms with Gasteiger partial charge in [0.2, 0.25) is 0 Å². The number of nitrogens with zero attached hydrogens (tertiary/aromatic N) is 2. The van der Waals surface area contributed by atoms with Crippen LogP contribution in [0.3, 0.4) is 0 Å². The fourth-order valence-corrected chi connectivity index (χ4v) is 6.50. The Labute approximate surface area is 210 Å². The summed E-state index contributed by atoms with van der Waals surface area (Å²) in [6.45, 7) is 0.326. The highest BCUT2D eigenvalue weighted by Crippen LogP contribution is 2.41. The lowest BCUT2D eigenvalue weighted by Crippen LogP contribution is -2.23. The molecule has 0 spiro atoms. The van der Waals surface area contributed by atoms with Crippen molar-refractivity contribution in [3.8, 4) is 0 Å². The SMILES string of the molecule is COC(=O)c1cc2c(c3c4cc(F)ccc4n(S(=O)(=O)c4ccccc4)c13)C(=O)N(Cc1ccco1)C2. The lowest BCUT2D eigenvalue weighted by Gasteiger charge is -2.13. The molecule has 186 valence electrons. The van der Waals surface area contributed by atoms with Gasteiger partial charge in [0.05, 0.1) is 47.0 Å². The zero-order chi connectivity index (χ0) is 25.9. The normalized spacial score (nSPS) is 13.5. The number of carbonyl (C=O) groups excluding carboxylic acids is 2. The van der Waals surface area contributed by atoms with Crippen LogP contribution < -0.4 is 0 Å². The second-order valence-electron chi connectivity index (χ2n) is 8.66. The molecule has 3 heterocycles. The molecule has 0 unspecified atom stereocenters. The number of furan rings is 1. The molecule has 0 saturated carbocycles. The number of methoxy groups -OCH3 is 1. The number of hydrogen-bond donors (Lipinski definition) is 0. The van der Waals surface area contributed by atoms with Crippen LogP contribution in [0.15, 0.2) is 82.3 Å². The average Bonchev–Trinajstić information content (AvgIpc) is 3.61. The van der Waals surface area contributed by atoms with Crippen LogP contribution in [0.5, 0.6) is 0 Å². The Balaban J connectivity index is 1.72.